The van der Waals surface area contributed by atoms with Crippen LogP contribution in [0.15, 0.2) is 12.1 Å². The van der Waals surface area contributed by atoms with Crippen molar-refractivity contribution >= 4 is 46.4 Å². The fourth-order valence-corrected chi connectivity index (χ4v) is 3.16. The topological polar surface area (TPSA) is 33.5 Å². The SMILES string of the molecule is CCC1CC[NH+](CC(=O)Nc2cc(Cl)c(Cl)cc2Cl)C1. The van der Waals surface area contributed by atoms with Gasteiger partial charge in [0.05, 0.1) is 33.8 Å². The highest BCUT2D eigenvalue weighted by atomic mass is 35.5. The summed E-state index contributed by atoms with van der Waals surface area (Å²) in [4.78, 5) is 13.4. The van der Waals surface area contributed by atoms with Crippen LogP contribution in [0.1, 0.15) is 19.8 Å². The number of halogens is 3. The monoisotopic (exact) mass is 335 g/mol. The Morgan fingerprint density at radius 3 is 2.65 bits per heavy atom. The summed E-state index contributed by atoms with van der Waals surface area (Å²) in [6.07, 6.45) is 2.39. The van der Waals surface area contributed by atoms with E-state index in [0.717, 1.165) is 19.0 Å². The van der Waals surface area contributed by atoms with Crippen LogP contribution in [0.2, 0.25) is 15.1 Å². The number of hydrogen-bond acceptors (Lipinski definition) is 1. The molecule has 6 heteroatoms. The predicted molar refractivity (Wildman–Crippen MR) is 84.1 cm³/mol. The quantitative estimate of drug-likeness (QED) is 0.815. The summed E-state index contributed by atoms with van der Waals surface area (Å²) < 4.78 is 0. The first-order chi connectivity index (χ1) is 9.49. The predicted octanol–water partition coefficient (Wildman–Crippen LogP) is 2.90. The normalized spacial score (nSPS) is 22.0. The number of carbonyl (C=O) groups excluding carboxylic acids is 1. The minimum atomic E-state index is -0.0444. The molecule has 20 heavy (non-hydrogen) atoms. The first-order valence-corrected chi connectivity index (χ1v) is 7.91. The second-order valence-corrected chi connectivity index (χ2v) is 6.46. The molecule has 1 fully saturated rings. The van der Waals surface area contributed by atoms with Crippen molar-refractivity contribution in [2.24, 2.45) is 5.92 Å². The lowest BCUT2D eigenvalue weighted by Gasteiger charge is -2.14. The molecule has 3 nitrogen and oxygen atoms in total. The first-order valence-electron chi connectivity index (χ1n) is 6.77. The zero-order chi connectivity index (χ0) is 14.7. The van der Waals surface area contributed by atoms with E-state index in [9.17, 15) is 4.79 Å². The fourth-order valence-electron chi connectivity index (χ4n) is 2.57. The maximum absolute atomic E-state index is 12.0. The summed E-state index contributed by atoms with van der Waals surface area (Å²) >= 11 is 17.8. The van der Waals surface area contributed by atoms with Crippen molar-refractivity contribution in [3.05, 3.63) is 27.2 Å². The zero-order valence-electron chi connectivity index (χ0n) is 11.3. The molecule has 1 amide bonds. The maximum Gasteiger partial charge on any atom is 0.279 e. The molecule has 2 unspecified atom stereocenters. The van der Waals surface area contributed by atoms with Gasteiger partial charge in [0.15, 0.2) is 6.54 Å². The van der Waals surface area contributed by atoms with Crippen molar-refractivity contribution in [3.8, 4) is 0 Å². The Labute approximate surface area is 134 Å². The molecule has 110 valence electrons. The molecule has 0 radical (unpaired) electrons. The summed E-state index contributed by atoms with van der Waals surface area (Å²) in [7, 11) is 0. The smallest absolute Gasteiger partial charge is 0.279 e. The van der Waals surface area contributed by atoms with Crippen LogP contribution in [0, 0.1) is 5.92 Å². The summed E-state index contributed by atoms with van der Waals surface area (Å²) in [6.45, 7) is 4.79. The number of likely N-dealkylation sites (tertiary alicyclic amines) is 1. The number of anilines is 1. The van der Waals surface area contributed by atoms with E-state index in [1.165, 1.54) is 23.8 Å². The average molecular weight is 337 g/mol. The van der Waals surface area contributed by atoms with E-state index in [2.05, 4.69) is 12.2 Å². The number of benzene rings is 1. The summed E-state index contributed by atoms with van der Waals surface area (Å²) in [5.41, 5.74) is 0.511. The molecule has 1 aromatic carbocycles. The largest absolute Gasteiger partial charge is 0.327 e. The standard InChI is InChI=1S/C14H17Cl3N2O/c1-2-9-3-4-19(7-9)8-14(20)18-13-6-11(16)10(15)5-12(13)17/h5-6,9H,2-4,7-8H2,1H3,(H,18,20)/p+1. The van der Waals surface area contributed by atoms with Gasteiger partial charge in [-0.1, -0.05) is 41.7 Å². The minimum Gasteiger partial charge on any atom is -0.327 e. The van der Waals surface area contributed by atoms with Crippen molar-refractivity contribution in [2.45, 2.75) is 19.8 Å². The molecule has 1 heterocycles. The number of hydrogen-bond donors (Lipinski definition) is 2. The molecule has 1 aliphatic rings. The van der Waals surface area contributed by atoms with Crippen LogP contribution in [0.25, 0.3) is 0 Å². The second-order valence-electron chi connectivity index (χ2n) is 5.24. The molecule has 0 spiro atoms. The van der Waals surface area contributed by atoms with Crippen molar-refractivity contribution in [1.29, 1.82) is 0 Å². The Hall–Kier alpha value is -0.480. The van der Waals surface area contributed by atoms with Gasteiger partial charge in [-0.25, -0.2) is 0 Å². The molecule has 0 bridgehead atoms. The second kappa shape index (κ2) is 6.99. The minimum absolute atomic E-state index is 0.0444. The summed E-state index contributed by atoms with van der Waals surface area (Å²) in [6, 6.07) is 3.12. The molecule has 0 aromatic heterocycles. The van der Waals surface area contributed by atoms with Gasteiger partial charge in [0.25, 0.3) is 5.91 Å². The van der Waals surface area contributed by atoms with E-state index in [4.69, 9.17) is 34.8 Å². The highest BCUT2D eigenvalue weighted by molar-refractivity contribution is 6.44. The first kappa shape index (κ1) is 15.9. The number of carbonyl (C=O) groups is 1. The van der Waals surface area contributed by atoms with Crippen molar-refractivity contribution in [3.63, 3.8) is 0 Å². The Morgan fingerprint density at radius 1 is 1.30 bits per heavy atom. The number of quaternary nitrogens is 1. The van der Waals surface area contributed by atoms with Crippen molar-refractivity contribution in [2.75, 3.05) is 25.0 Å². The molecule has 2 rings (SSSR count). The van der Waals surface area contributed by atoms with Gasteiger partial charge < -0.3 is 10.2 Å². The van der Waals surface area contributed by atoms with Gasteiger partial charge in [-0.15, -0.1) is 0 Å². The van der Waals surface area contributed by atoms with Crippen LogP contribution < -0.4 is 10.2 Å². The molecular formula is C14H18Cl3N2O+. The van der Waals surface area contributed by atoms with Gasteiger partial charge in [0, 0.05) is 12.3 Å². The van der Waals surface area contributed by atoms with Gasteiger partial charge in [0.1, 0.15) is 0 Å². The zero-order valence-corrected chi connectivity index (χ0v) is 13.6. The Bertz CT molecular complexity index is 507. The Balaban J connectivity index is 1.93. The van der Waals surface area contributed by atoms with E-state index in [1.54, 1.807) is 6.07 Å². The molecule has 0 saturated carbocycles. The van der Waals surface area contributed by atoms with Crippen LogP contribution in [0.3, 0.4) is 0 Å². The molecule has 0 aliphatic carbocycles. The van der Waals surface area contributed by atoms with Crippen LogP contribution in [-0.4, -0.2) is 25.5 Å². The van der Waals surface area contributed by atoms with E-state index < -0.39 is 0 Å². The number of amides is 1. The molecule has 1 saturated heterocycles. The van der Waals surface area contributed by atoms with E-state index >= 15 is 0 Å². The number of nitrogens with one attached hydrogen (secondary N) is 2. The third-order valence-corrected chi connectivity index (χ3v) is 4.79. The van der Waals surface area contributed by atoms with Crippen LogP contribution >= 0.6 is 34.8 Å². The van der Waals surface area contributed by atoms with Crippen molar-refractivity contribution < 1.29 is 9.69 Å². The fraction of sp³-hybridized carbons (Fsp3) is 0.500. The highest BCUT2D eigenvalue weighted by Gasteiger charge is 2.26. The van der Waals surface area contributed by atoms with Gasteiger partial charge in [-0.05, 0) is 18.6 Å². The van der Waals surface area contributed by atoms with Crippen LogP contribution in [0.4, 0.5) is 5.69 Å². The third kappa shape index (κ3) is 4.01. The molecule has 1 aromatic rings. The maximum atomic E-state index is 12.0. The van der Waals surface area contributed by atoms with Crippen LogP contribution in [0.5, 0.6) is 0 Å². The lowest BCUT2D eigenvalue weighted by molar-refractivity contribution is -0.880. The van der Waals surface area contributed by atoms with Gasteiger partial charge in [-0.2, -0.15) is 0 Å². The van der Waals surface area contributed by atoms with E-state index in [-0.39, 0.29) is 5.91 Å². The van der Waals surface area contributed by atoms with E-state index in [1.807, 2.05) is 0 Å². The lowest BCUT2D eigenvalue weighted by Crippen LogP contribution is -3.11. The molecular weight excluding hydrogens is 319 g/mol. The molecule has 2 atom stereocenters. The third-order valence-electron chi connectivity index (χ3n) is 3.76. The lowest BCUT2D eigenvalue weighted by atomic mass is 10.1. The average Bonchev–Trinajstić information content (AvgIpc) is 2.83. The highest BCUT2D eigenvalue weighted by Crippen LogP contribution is 2.32. The Morgan fingerprint density at radius 2 is 2.00 bits per heavy atom. The van der Waals surface area contributed by atoms with E-state index in [0.29, 0.717) is 27.3 Å². The van der Waals surface area contributed by atoms with Gasteiger partial charge >= 0.3 is 0 Å². The number of rotatable bonds is 4. The molecule has 1 aliphatic heterocycles. The van der Waals surface area contributed by atoms with Gasteiger partial charge in [-0.3, -0.25) is 4.79 Å². The van der Waals surface area contributed by atoms with Crippen LogP contribution in [-0.2, 0) is 4.79 Å². The van der Waals surface area contributed by atoms with Crippen molar-refractivity contribution in [1.82, 2.24) is 0 Å². The molecule has 2 N–H and O–H groups in total. The van der Waals surface area contributed by atoms with Gasteiger partial charge in [0.2, 0.25) is 0 Å². The Kier molecular flexibility index (Phi) is 5.56. The summed E-state index contributed by atoms with van der Waals surface area (Å²) in [5, 5.41) is 3.96. The summed E-state index contributed by atoms with van der Waals surface area (Å²) in [5.74, 6) is 0.698.